The number of nitrogens with zero attached hydrogens (tertiary/aromatic N) is 2. The van der Waals surface area contributed by atoms with Gasteiger partial charge in [0.1, 0.15) is 11.6 Å². The number of fused-ring (bicyclic) bond motifs is 1. The Hall–Kier alpha value is -3.93. The van der Waals surface area contributed by atoms with Crippen molar-refractivity contribution in [2.75, 3.05) is 12.5 Å². The van der Waals surface area contributed by atoms with E-state index in [0.29, 0.717) is 34.5 Å². The van der Waals surface area contributed by atoms with E-state index in [-0.39, 0.29) is 5.56 Å². The standard InChI is InChI=1S/C23H19N3O3/c1-29-18-13-11-17(12-14-18)22(27)25-26-21(15-16-7-3-2-4-8-16)24-20-10-6-5-9-19(20)23(26)28/h2-14H,15H2,1H3,(H,25,27). The summed E-state index contributed by atoms with van der Waals surface area (Å²) in [6.45, 7) is 0. The third kappa shape index (κ3) is 3.87. The Morgan fingerprint density at radius 2 is 1.66 bits per heavy atom. The largest absolute Gasteiger partial charge is 0.497 e. The lowest BCUT2D eigenvalue weighted by molar-refractivity contribution is 0.101. The number of para-hydroxylation sites is 1. The minimum atomic E-state index is -0.402. The van der Waals surface area contributed by atoms with Crippen LogP contribution in [0, 0.1) is 0 Å². The van der Waals surface area contributed by atoms with E-state index in [4.69, 9.17) is 4.74 Å². The van der Waals surface area contributed by atoms with Crippen LogP contribution in [0.25, 0.3) is 10.9 Å². The Bertz CT molecular complexity index is 1220. The Kier molecular flexibility index (Phi) is 5.07. The van der Waals surface area contributed by atoms with Gasteiger partial charge < -0.3 is 4.74 Å². The zero-order valence-electron chi connectivity index (χ0n) is 15.8. The molecule has 0 radical (unpaired) electrons. The highest BCUT2D eigenvalue weighted by molar-refractivity contribution is 6.00. The second-order valence-corrected chi connectivity index (χ2v) is 6.52. The molecule has 1 N–H and O–H groups in total. The van der Waals surface area contributed by atoms with Crippen molar-refractivity contribution in [2.45, 2.75) is 6.42 Å². The molecule has 3 aromatic carbocycles. The summed E-state index contributed by atoms with van der Waals surface area (Å²) in [5.74, 6) is 0.707. The SMILES string of the molecule is COc1ccc(C(=O)Nn2c(Cc3ccccc3)nc3ccccc3c2=O)cc1. The lowest BCUT2D eigenvalue weighted by Crippen LogP contribution is -2.36. The Balaban J connectivity index is 1.76. The number of carbonyl (C=O) groups excluding carboxylic acids is 1. The Labute approximate surface area is 167 Å². The zero-order valence-corrected chi connectivity index (χ0v) is 15.8. The molecule has 0 spiro atoms. The molecular weight excluding hydrogens is 366 g/mol. The first-order valence-corrected chi connectivity index (χ1v) is 9.16. The van der Waals surface area contributed by atoms with E-state index in [0.717, 1.165) is 5.56 Å². The molecule has 0 saturated heterocycles. The summed E-state index contributed by atoms with van der Waals surface area (Å²) in [4.78, 5) is 30.5. The highest BCUT2D eigenvalue weighted by Crippen LogP contribution is 2.13. The van der Waals surface area contributed by atoms with E-state index in [2.05, 4.69) is 10.4 Å². The summed E-state index contributed by atoms with van der Waals surface area (Å²) in [6, 6.07) is 23.5. The molecule has 0 atom stereocenters. The summed E-state index contributed by atoms with van der Waals surface area (Å²) >= 11 is 0. The van der Waals surface area contributed by atoms with E-state index >= 15 is 0 Å². The van der Waals surface area contributed by atoms with Gasteiger partial charge in [-0.25, -0.2) is 9.66 Å². The lowest BCUT2D eigenvalue weighted by Gasteiger charge is -2.15. The molecule has 0 aliphatic rings. The Morgan fingerprint density at radius 3 is 2.38 bits per heavy atom. The second kappa shape index (κ2) is 7.98. The number of aromatic nitrogens is 2. The first-order valence-electron chi connectivity index (χ1n) is 9.16. The van der Waals surface area contributed by atoms with Crippen LogP contribution < -0.4 is 15.7 Å². The average molecular weight is 385 g/mol. The predicted molar refractivity (Wildman–Crippen MR) is 112 cm³/mol. The molecule has 29 heavy (non-hydrogen) atoms. The third-order valence-corrected chi connectivity index (χ3v) is 4.62. The number of carbonyl (C=O) groups is 1. The monoisotopic (exact) mass is 385 g/mol. The minimum Gasteiger partial charge on any atom is -0.497 e. The Morgan fingerprint density at radius 1 is 0.966 bits per heavy atom. The van der Waals surface area contributed by atoms with Crippen molar-refractivity contribution in [3.8, 4) is 5.75 Å². The molecule has 6 heteroatoms. The maximum absolute atomic E-state index is 13.1. The molecule has 4 rings (SSSR count). The zero-order chi connectivity index (χ0) is 20.2. The summed E-state index contributed by atoms with van der Waals surface area (Å²) in [6.07, 6.45) is 0.407. The molecule has 1 aromatic heterocycles. The van der Waals surface area contributed by atoms with Crippen LogP contribution in [0.4, 0.5) is 0 Å². The van der Waals surface area contributed by atoms with Crippen molar-refractivity contribution in [3.05, 3.63) is 106 Å². The van der Waals surface area contributed by atoms with Crippen molar-refractivity contribution in [1.82, 2.24) is 9.66 Å². The van der Waals surface area contributed by atoms with Crippen molar-refractivity contribution in [1.29, 1.82) is 0 Å². The van der Waals surface area contributed by atoms with Gasteiger partial charge in [-0.15, -0.1) is 0 Å². The predicted octanol–water partition coefficient (Wildman–Crippen LogP) is 3.38. The van der Waals surface area contributed by atoms with Crippen LogP contribution in [-0.2, 0) is 6.42 Å². The highest BCUT2D eigenvalue weighted by Gasteiger charge is 2.15. The summed E-state index contributed by atoms with van der Waals surface area (Å²) in [7, 11) is 1.56. The number of hydrogen-bond acceptors (Lipinski definition) is 4. The first-order chi connectivity index (χ1) is 14.2. The fraction of sp³-hybridized carbons (Fsp3) is 0.0870. The molecule has 144 valence electrons. The maximum Gasteiger partial charge on any atom is 0.280 e. The number of benzene rings is 3. The number of hydrogen-bond donors (Lipinski definition) is 1. The normalized spacial score (nSPS) is 10.7. The summed E-state index contributed by atoms with van der Waals surface area (Å²) in [5, 5.41) is 0.444. The van der Waals surface area contributed by atoms with Crippen LogP contribution in [0.5, 0.6) is 5.75 Å². The van der Waals surface area contributed by atoms with E-state index in [1.807, 2.05) is 36.4 Å². The van der Waals surface area contributed by atoms with E-state index in [9.17, 15) is 9.59 Å². The molecule has 1 amide bonds. The molecule has 1 heterocycles. The van der Waals surface area contributed by atoms with Crippen LogP contribution in [-0.4, -0.2) is 22.7 Å². The highest BCUT2D eigenvalue weighted by atomic mass is 16.5. The summed E-state index contributed by atoms with van der Waals surface area (Å²) in [5.41, 5.74) is 4.39. The third-order valence-electron chi connectivity index (χ3n) is 4.62. The molecule has 0 saturated carbocycles. The fourth-order valence-electron chi connectivity index (χ4n) is 3.10. The van der Waals surface area contributed by atoms with Crippen molar-refractivity contribution in [2.24, 2.45) is 0 Å². The van der Waals surface area contributed by atoms with Gasteiger partial charge in [0.2, 0.25) is 0 Å². The van der Waals surface area contributed by atoms with Crippen molar-refractivity contribution < 1.29 is 9.53 Å². The van der Waals surface area contributed by atoms with E-state index in [1.54, 1.807) is 49.6 Å². The lowest BCUT2D eigenvalue weighted by atomic mass is 10.1. The van der Waals surface area contributed by atoms with Gasteiger partial charge in [-0.1, -0.05) is 42.5 Å². The molecule has 0 aliphatic carbocycles. The van der Waals surface area contributed by atoms with Gasteiger partial charge in [-0.3, -0.25) is 15.0 Å². The smallest absolute Gasteiger partial charge is 0.280 e. The van der Waals surface area contributed by atoms with Gasteiger partial charge in [0.05, 0.1) is 18.0 Å². The van der Waals surface area contributed by atoms with E-state index < -0.39 is 5.91 Å². The van der Waals surface area contributed by atoms with Crippen LogP contribution in [0.15, 0.2) is 83.7 Å². The van der Waals surface area contributed by atoms with Crippen molar-refractivity contribution in [3.63, 3.8) is 0 Å². The minimum absolute atomic E-state index is 0.316. The van der Waals surface area contributed by atoms with Gasteiger partial charge in [0, 0.05) is 12.0 Å². The van der Waals surface area contributed by atoms with Gasteiger partial charge in [-0.05, 0) is 42.0 Å². The number of rotatable bonds is 5. The molecule has 0 unspecified atom stereocenters. The molecule has 0 bridgehead atoms. The molecule has 6 nitrogen and oxygen atoms in total. The van der Waals surface area contributed by atoms with E-state index in [1.165, 1.54) is 4.68 Å². The molecular formula is C23H19N3O3. The van der Waals surface area contributed by atoms with Crippen LogP contribution in [0.2, 0.25) is 0 Å². The molecule has 4 aromatic rings. The van der Waals surface area contributed by atoms with Crippen molar-refractivity contribution >= 4 is 16.8 Å². The number of nitrogens with one attached hydrogen (secondary N) is 1. The number of amides is 1. The topological polar surface area (TPSA) is 73.2 Å². The molecule has 0 aliphatic heterocycles. The molecule has 0 fully saturated rings. The average Bonchev–Trinajstić information content (AvgIpc) is 2.77. The maximum atomic E-state index is 13.1. The van der Waals surface area contributed by atoms with Gasteiger partial charge >= 0.3 is 0 Å². The van der Waals surface area contributed by atoms with Crippen LogP contribution in [0.1, 0.15) is 21.7 Å². The fourth-order valence-corrected chi connectivity index (χ4v) is 3.10. The van der Waals surface area contributed by atoms with Crippen LogP contribution in [0.3, 0.4) is 0 Å². The number of methoxy groups -OCH3 is 1. The van der Waals surface area contributed by atoms with Gasteiger partial charge in [-0.2, -0.15) is 0 Å². The number of ether oxygens (including phenoxy) is 1. The summed E-state index contributed by atoms with van der Waals surface area (Å²) < 4.78 is 6.36. The van der Waals surface area contributed by atoms with Crippen LogP contribution >= 0.6 is 0 Å². The van der Waals surface area contributed by atoms with Gasteiger partial charge in [0.15, 0.2) is 0 Å². The van der Waals surface area contributed by atoms with Gasteiger partial charge in [0.25, 0.3) is 11.5 Å². The quantitative estimate of drug-likeness (QED) is 0.572. The second-order valence-electron chi connectivity index (χ2n) is 6.52. The first kappa shape index (κ1) is 18.4.